The van der Waals surface area contributed by atoms with Gasteiger partial charge in [-0.1, -0.05) is 27.3 Å². The van der Waals surface area contributed by atoms with Crippen LogP contribution in [0.3, 0.4) is 0 Å². The summed E-state index contributed by atoms with van der Waals surface area (Å²) in [5.74, 6) is 0. The van der Waals surface area contributed by atoms with Crippen molar-refractivity contribution in [1.29, 1.82) is 0 Å². The van der Waals surface area contributed by atoms with Crippen LogP contribution >= 0.6 is 27.3 Å². The molecule has 0 spiro atoms. The fraction of sp³-hybridized carbons (Fsp3) is 0. The van der Waals surface area contributed by atoms with E-state index in [9.17, 15) is 0 Å². The summed E-state index contributed by atoms with van der Waals surface area (Å²) < 4.78 is 1.06. The van der Waals surface area contributed by atoms with Gasteiger partial charge >= 0.3 is 0 Å². The lowest BCUT2D eigenvalue weighted by Crippen LogP contribution is -1.87. The molecule has 0 radical (unpaired) electrons. The molecular formula is C12H8BrN3S. The molecular weight excluding hydrogens is 298 g/mol. The van der Waals surface area contributed by atoms with Gasteiger partial charge in [0.05, 0.1) is 0 Å². The molecule has 0 aliphatic rings. The van der Waals surface area contributed by atoms with E-state index in [1.54, 1.807) is 17.5 Å². The lowest BCUT2D eigenvalue weighted by molar-refractivity contribution is 1.40. The predicted octanol–water partition coefficient (Wildman–Crippen LogP) is 4.20. The van der Waals surface area contributed by atoms with E-state index < -0.39 is 0 Å². The maximum Gasteiger partial charge on any atom is 0.189 e. The molecule has 84 valence electrons. The van der Waals surface area contributed by atoms with E-state index in [1.807, 2.05) is 36.4 Å². The minimum Gasteiger partial charge on any atom is -0.331 e. The van der Waals surface area contributed by atoms with Crippen LogP contribution < -0.4 is 5.32 Å². The Balaban J connectivity index is 1.92. The topological polar surface area (TPSA) is 37.8 Å². The van der Waals surface area contributed by atoms with Crippen molar-refractivity contribution in [1.82, 2.24) is 9.97 Å². The summed E-state index contributed by atoms with van der Waals surface area (Å²) in [6, 6.07) is 11.9. The molecule has 0 saturated heterocycles. The normalized spacial score (nSPS) is 10.6. The van der Waals surface area contributed by atoms with Crippen LogP contribution in [0.4, 0.5) is 10.8 Å². The molecule has 5 heteroatoms. The molecule has 1 aromatic carbocycles. The molecule has 0 unspecified atom stereocenters. The maximum atomic E-state index is 4.46. The zero-order valence-corrected chi connectivity index (χ0v) is 11.1. The number of nitrogens with zero attached hydrogens (tertiary/aromatic N) is 2. The number of aromatic nitrogens is 2. The van der Waals surface area contributed by atoms with E-state index in [4.69, 9.17) is 0 Å². The Kier molecular flexibility index (Phi) is 2.78. The van der Waals surface area contributed by atoms with Crippen molar-refractivity contribution in [2.45, 2.75) is 0 Å². The summed E-state index contributed by atoms with van der Waals surface area (Å²) >= 11 is 4.96. The van der Waals surface area contributed by atoms with Crippen LogP contribution in [-0.4, -0.2) is 9.97 Å². The Bertz CT molecular complexity index is 615. The summed E-state index contributed by atoms with van der Waals surface area (Å²) in [5, 5.41) is 4.13. The van der Waals surface area contributed by atoms with Gasteiger partial charge in [0.15, 0.2) is 5.13 Å². The van der Waals surface area contributed by atoms with Crippen LogP contribution in [0.5, 0.6) is 0 Å². The monoisotopic (exact) mass is 305 g/mol. The number of thiazole rings is 1. The van der Waals surface area contributed by atoms with Gasteiger partial charge in [-0.25, -0.2) is 9.97 Å². The maximum absolute atomic E-state index is 4.46. The molecule has 2 aromatic heterocycles. The van der Waals surface area contributed by atoms with Crippen molar-refractivity contribution in [3.63, 3.8) is 0 Å². The van der Waals surface area contributed by atoms with Crippen LogP contribution in [0, 0.1) is 0 Å². The highest BCUT2D eigenvalue weighted by molar-refractivity contribution is 9.10. The second-order valence-corrected chi connectivity index (χ2v) is 5.37. The Morgan fingerprint density at radius 2 is 1.94 bits per heavy atom. The first-order valence-corrected chi connectivity index (χ1v) is 6.66. The van der Waals surface area contributed by atoms with Crippen molar-refractivity contribution >= 4 is 48.4 Å². The first-order valence-electron chi connectivity index (χ1n) is 5.05. The average Bonchev–Trinajstić information content (AvgIpc) is 2.74. The van der Waals surface area contributed by atoms with Crippen molar-refractivity contribution in [3.8, 4) is 0 Å². The fourth-order valence-electron chi connectivity index (χ4n) is 1.48. The predicted molar refractivity (Wildman–Crippen MR) is 74.8 cm³/mol. The van der Waals surface area contributed by atoms with E-state index in [0.29, 0.717) is 0 Å². The molecule has 3 aromatic rings. The Hall–Kier alpha value is -1.46. The molecule has 0 aliphatic heterocycles. The molecule has 0 atom stereocenters. The lowest BCUT2D eigenvalue weighted by atomic mass is 10.3. The Labute approximate surface area is 111 Å². The third kappa shape index (κ3) is 2.30. The fourth-order valence-corrected chi connectivity index (χ4v) is 2.57. The van der Waals surface area contributed by atoms with Crippen LogP contribution in [0.2, 0.25) is 0 Å². The molecule has 2 heterocycles. The summed E-state index contributed by atoms with van der Waals surface area (Å²) in [7, 11) is 0. The number of fused-ring (bicyclic) bond motifs is 1. The number of halogens is 1. The average molecular weight is 306 g/mol. The van der Waals surface area contributed by atoms with Crippen LogP contribution in [-0.2, 0) is 0 Å². The highest BCUT2D eigenvalue weighted by atomic mass is 79.9. The first kappa shape index (κ1) is 10.7. The number of nitrogens with one attached hydrogen (secondary N) is 1. The van der Waals surface area contributed by atoms with Gasteiger partial charge < -0.3 is 5.32 Å². The van der Waals surface area contributed by atoms with Crippen molar-refractivity contribution in [2.75, 3.05) is 5.32 Å². The van der Waals surface area contributed by atoms with Gasteiger partial charge in [-0.15, -0.1) is 0 Å². The molecule has 0 bridgehead atoms. The standard InChI is InChI=1S/C12H8BrN3S/c13-8-3-5-9(6-4-8)15-12-16-10-2-1-7-14-11(10)17-12/h1-7H,(H,15,16). The molecule has 17 heavy (non-hydrogen) atoms. The zero-order valence-electron chi connectivity index (χ0n) is 8.72. The number of hydrogen-bond donors (Lipinski definition) is 1. The van der Waals surface area contributed by atoms with Gasteiger partial charge in [0.2, 0.25) is 0 Å². The number of anilines is 2. The largest absolute Gasteiger partial charge is 0.331 e. The summed E-state index contributed by atoms with van der Waals surface area (Å²) in [4.78, 5) is 9.68. The molecule has 1 N–H and O–H groups in total. The molecule has 0 amide bonds. The van der Waals surface area contributed by atoms with Crippen molar-refractivity contribution < 1.29 is 0 Å². The SMILES string of the molecule is Brc1ccc(Nc2nc3cccnc3s2)cc1. The Morgan fingerprint density at radius 1 is 1.12 bits per heavy atom. The molecule has 0 fully saturated rings. The molecule has 3 nitrogen and oxygen atoms in total. The van der Waals surface area contributed by atoms with Crippen molar-refractivity contribution in [2.24, 2.45) is 0 Å². The van der Waals surface area contributed by atoms with Gasteiger partial charge in [-0.05, 0) is 36.4 Å². The number of pyridine rings is 1. The molecule has 0 aliphatic carbocycles. The van der Waals surface area contributed by atoms with E-state index >= 15 is 0 Å². The third-order valence-corrected chi connectivity index (χ3v) is 3.69. The summed E-state index contributed by atoms with van der Waals surface area (Å²) in [5.41, 5.74) is 1.95. The summed E-state index contributed by atoms with van der Waals surface area (Å²) in [6.45, 7) is 0. The highest BCUT2D eigenvalue weighted by Crippen LogP contribution is 2.26. The number of rotatable bonds is 2. The van der Waals surface area contributed by atoms with Crippen LogP contribution in [0.1, 0.15) is 0 Å². The minimum absolute atomic E-state index is 0.862. The minimum atomic E-state index is 0.862. The van der Waals surface area contributed by atoms with Gasteiger partial charge in [0, 0.05) is 16.4 Å². The van der Waals surface area contributed by atoms with Gasteiger partial charge in [0.1, 0.15) is 10.3 Å². The lowest BCUT2D eigenvalue weighted by Gasteiger charge is -2.01. The van der Waals surface area contributed by atoms with E-state index in [-0.39, 0.29) is 0 Å². The number of hydrogen-bond acceptors (Lipinski definition) is 4. The van der Waals surface area contributed by atoms with Crippen LogP contribution in [0.25, 0.3) is 10.3 Å². The van der Waals surface area contributed by atoms with E-state index in [1.165, 1.54) is 0 Å². The van der Waals surface area contributed by atoms with Crippen molar-refractivity contribution in [3.05, 3.63) is 47.1 Å². The smallest absolute Gasteiger partial charge is 0.189 e. The first-order chi connectivity index (χ1) is 8.31. The summed E-state index contributed by atoms with van der Waals surface area (Å²) in [6.07, 6.45) is 1.78. The highest BCUT2D eigenvalue weighted by Gasteiger charge is 2.03. The van der Waals surface area contributed by atoms with Crippen LogP contribution in [0.15, 0.2) is 47.1 Å². The Morgan fingerprint density at radius 3 is 2.71 bits per heavy atom. The molecule has 0 saturated carbocycles. The second-order valence-electron chi connectivity index (χ2n) is 3.48. The second kappa shape index (κ2) is 4.43. The number of benzene rings is 1. The van der Waals surface area contributed by atoms with Gasteiger partial charge in [-0.2, -0.15) is 0 Å². The quantitative estimate of drug-likeness (QED) is 0.771. The van der Waals surface area contributed by atoms with Gasteiger partial charge in [-0.3, -0.25) is 0 Å². The third-order valence-electron chi connectivity index (χ3n) is 2.26. The zero-order chi connectivity index (χ0) is 11.7. The molecule has 3 rings (SSSR count). The van der Waals surface area contributed by atoms with Gasteiger partial charge in [0.25, 0.3) is 0 Å². The van der Waals surface area contributed by atoms with E-state index in [2.05, 4.69) is 31.2 Å². The van der Waals surface area contributed by atoms with E-state index in [0.717, 1.165) is 25.6 Å².